The molecule has 3 aromatic carbocycles. The fraction of sp³-hybridized carbons (Fsp3) is 0.143. The van der Waals surface area contributed by atoms with Crippen LogP contribution in [0.25, 0.3) is 11.1 Å². The molecule has 0 aromatic heterocycles. The van der Waals surface area contributed by atoms with Gasteiger partial charge in [0.05, 0.1) is 12.8 Å². The minimum Gasteiger partial charge on any atom is -0.506 e. The molecule has 3 rings (SSSR count). The molecule has 1 N–H and O–H groups in total. The third-order valence-corrected chi connectivity index (χ3v) is 4.24. The van der Waals surface area contributed by atoms with Gasteiger partial charge in [-0.05, 0) is 66.4 Å². The highest BCUT2D eigenvalue weighted by Gasteiger charge is 2.05. The van der Waals surface area contributed by atoms with E-state index in [1.807, 2.05) is 68.4 Å². The van der Waals surface area contributed by atoms with Gasteiger partial charge < -0.3 is 9.84 Å². The van der Waals surface area contributed by atoms with Gasteiger partial charge in [0, 0.05) is 0 Å². The number of hydrogen-bond acceptors (Lipinski definition) is 4. The van der Waals surface area contributed by atoms with E-state index in [4.69, 9.17) is 4.74 Å². The Morgan fingerprint density at radius 2 is 1.48 bits per heavy atom. The van der Waals surface area contributed by atoms with E-state index in [-0.39, 0.29) is 5.75 Å². The normalized spacial score (nSPS) is 11.0. The Morgan fingerprint density at radius 1 is 0.800 bits per heavy atom. The molecule has 0 saturated carbocycles. The summed E-state index contributed by atoms with van der Waals surface area (Å²) in [5.41, 5.74) is 5.45. The van der Waals surface area contributed by atoms with Gasteiger partial charge in [-0.2, -0.15) is 5.11 Å². The molecule has 0 atom stereocenters. The number of methoxy groups -OCH3 is 1. The second kappa shape index (κ2) is 7.18. The van der Waals surface area contributed by atoms with Crippen LogP contribution in [0.3, 0.4) is 0 Å². The predicted octanol–water partition coefficient (Wildman–Crippen LogP) is 6.10. The minimum atomic E-state index is 0.103. The lowest BCUT2D eigenvalue weighted by molar-refractivity contribution is 0.415. The van der Waals surface area contributed by atoms with E-state index >= 15 is 0 Å². The molecule has 0 saturated heterocycles. The molecule has 4 nitrogen and oxygen atoms in total. The maximum atomic E-state index is 10.1. The summed E-state index contributed by atoms with van der Waals surface area (Å²) >= 11 is 0. The summed E-state index contributed by atoms with van der Waals surface area (Å²) in [6.45, 7) is 4.05. The third kappa shape index (κ3) is 3.69. The molecular formula is C21H20N2O2. The Kier molecular flexibility index (Phi) is 4.80. The molecule has 0 heterocycles. The molecule has 126 valence electrons. The second-order valence-electron chi connectivity index (χ2n) is 5.85. The zero-order valence-electron chi connectivity index (χ0n) is 14.5. The van der Waals surface area contributed by atoms with Gasteiger partial charge in [0.2, 0.25) is 0 Å². The maximum absolute atomic E-state index is 10.1. The van der Waals surface area contributed by atoms with Gasteiger partial charge in [0.1, 0.15) is 17.2 Å². The summed E-state index contributed by atoms with van der Waals surface area (Å²) in [4.78, 5) is 0. The van der Waals surface area contributed by atoms with E-state index in [0.717, 1.165) is 33.7 Å². The molecule has 0 amide bonds. The summed E-state index contributed by atoms with van der Waals surface area (Å²) in [5.74, 6) is 0.906. The fourth-order valence-corrected chi connectivity index (χ4v) is 2.52. The van der Waals surface area contributed by atoms with Crippen LogP contribution in [0.15, 0.2) is 70.9 Å². The van der Waals surface area contributed by atoms with Crippen molar-refractivity contribution in [3.8, 4) is 22.6 Å². The molecule has 0 radical (unpaired) electrons. The zero-order valence-corrected chi connectivity index (χ0v) is 14.5. The Morgan fingerprint density at radius 3 is 2.20 bits per heavy atom. The average Bonchev–Trinajstić information content (AvgIpc) is 2.64. The number of azo groups is 1. The first kappa shape index (κ1) is 16.7. The highest BCUT2D eigenvalue weighted by molar-refractivity contribution is 5.70. The van der Waals surface area contributed by atoms with Crippen LogP contribution in [-0.2, 0) is 0 Å². The molecule has 3 aromatic rings. The van der Waals surface area contributed by atoms with Gasteiger partial charge in [0.25, 0.3) is 0 Å². The van der Waals surface area contributed by atoms with Crippen molar-refractivity contribution in [3.05, 3.63) is 71.8 Å². The standard InChI is InChI=1S/C21H20N2O2/c1-14-5-4-6-19(15(14)2)22-23-20-13-17(9-12-21(20)24)16-7-10-18(25-3)11-8-16/h4-13,24H,1-3H3/b23-22+. The van der Waals surface area contributed by atoms with Crippen molar-refractivity contribution in [3.63, 3.8) is 0 Å². The van der Waals surface area contributed by atoms with Gasteiger partial charge in [-0.1, -0.05) is 30.3 Å². The fourth-order valence-electron chi connectivity index (χ4n) is 2.52. The molecular weight excluding hydrogens is 312 g/mol. The Labute approximate surface area is 147 Å². The molecule has 4 heteroatoms. The lowest BCUT2D eigenvalue weighted by atomic mass is 10.0. The highest BCUT2D eigenvalue weighted by Crippen LogP contribution is 2.34. The number of aryl methyl sites for hydroxylation is 1. The third-order valence-electron chi connectivity index (χ3n) is 4.24. The number of nitrogens with zero attached hydrogens (tertiary/aromatic N) is 2. The number of rotatable bonds is 4. The van der Waals surface area contributed by atoms with Crippen molar-refractivity contribution in [1.82, 2.24) is 0 Å². The van der Waals surface area contributed by atoms with Gasteiger partial charge in [-0.15, -0.1) is 5.11 Å². The van der Waals surface area contributed by atoms with E-state index in [1.54, 1.807) is 13.2 Å². The minimum absolute atomic E-state index is 0.103. The van der Waals surface area contributed by atoms with Crippen molar-refractivity contribution < 1.29 is 9.84 Å². The van der Waals surface area contributed by atoms with Crippen molar-refractivity contribution in [1.29, 1.82) is 0 Å². The molecule has 0 aliphatic heterocycles. The SMILES string of the molecule is COc1ccc(-c2ccc(O)c(/N=N/c3cccc(C)c3C)c2)cc1. The molecule has 0 aliphatic rings. The van der Waals surface area contributed by atoms with Crippen LogP contribution >= 0.6 is 0 Å². The van der Waals surface area contributed by atoms with Crippen LogP contribution < -0.4 is 4.74 Å². The van der Waals surface area contributed by atoms with Gasteiger partial charge in [-0.3, -0.25) is 0 Å². The molecule has 0 unspecified atom stereocenters. The number of phenols is 1. The smallest absolute Gasteiger partial charge is 0.143 e. The van der Waals surface area contributed by atoms with Crippen molar-refractivity contribution in [2.75, 3.05) is 7.11 Å². The predicted molar refractivity (Wildman–Crippen MR) is 100 cm³/mol. The molecule has 0 aliphatic carbocycles. The van der Waals surface area contributed by atoms with E-state index in [9.17, 15) is 5.11 Å². The van der Waals surface area contributed by atoms with Crippen molar-refractivity contribution >= 4 is 11.4 Å². The van der Waals surface area contributed by atoms with Crippen LogP contribution in [0, 0.1) is 13.8 Å². The van der Waals surface area contributed by atoms with Crippen LogP contribution in [0.1, 0.15) is 11.1 Å². The number of hydrogen-bond donors (Lipinski definition) is 1. The van der Waals surface area contributed by atoms with Crippen LogP contribution in [0.5, 0.6) is 11.5 Å². The largest absolute Gasteiger partial charge is 0.506 e. The van der Waals surface area contributed by atoms with E-state index in [0.29, 0.717) is 5.69 Å². The van der Waals surface area contributed by atoms with Crippen molar-refractivity contribution in [2.24, 2.45) is 10.2 Å². The first-order valence-electron chi connectivity index (χ1n) is 8.04. The van der Waals surface area contributed by atoms with E-state index in [2.05, 4.69) is 10.2 Å². The molecule has 0 fully saturated rings. The molecule has 25 heavy (non-hydrogen) atoms. The summed E-state index contributed by atoms with van der Waals surface area (Å²) in [6.07, 6.45) is 0. The Balaban J connectivity index is 1.93. The Bertz CT molecular complexity index is 916. The van der Waals surface area contributed by atoms with Gasteiger partial charge >= 0.3 is 0 Å². The number of benzene rings is 3. The zero-order chi connectivity index (χ0) is 17.8. The topological polar surface area (TPSA) is 54.2 Å². The van der Waals surface area contributed by atoms with Crippen LogP contribution in [-0.4, -0.2) is 12.2 Å². The van der Waals surface area contributed by atoms with Crippen LogP contribution in [0.4, 0.5) is 11.4 Å². The van der Waals surface area contributed by atoms with Crippen molar-refractivity contribution in [2.45, 2.75) is 13.8 Å². The lowest BCUT2D eigenvalue weighted by Crippen LogP contribution is -1.83. The number of aromatic hydroxyl groups is 1. The first-order chi connectivity index (χ1) is 12.1. The second-order valence-corrected chi connectivity index (χ2v) is 5.85. The molecule has 0 bridgehead atoms. The lowest BCUT2D eigenvalue weighted by Gasteiger charge is -2.06. The molecule has 0 spiro atoms. The summed E-state index contributed by atoms with van der Waals surface area (Å²) in [5, 5.41) is 18.6. The van der Waals surface area contributed by atoms with Crippen LogP contribution in [0.2, 0.25) is 0 Å². The highest BCUT2D eigenvalue weighted by atomic mass is 16.5. The number of ether oxygens (including phenoxy) is 1. The maximum Gasteiger partial charge on any atom is 0.143 e. The summed E-state index contributed by atoms with van der Waals surface area (Å²) < 4.78 is 5.18. The van der Waals surface area contributed by atoms with Gasteiger partial charge in [-0.25, -0.2) is 0 Å². The van der Waals surface area contributed by atoms with E-state index < -0.39 is 0 Å². The van der Waals surface area contributed by atoms with E-state index in [1.165, 1.54) is 0 Å². The van der Waals surface area contributed by atoms with Gasteiger partial charge in [0.15, 0.2) is 0 Å². The quantitative estimate of drug-likeness (QED) is 0.587. The average molecular weight is 332 g/mol. The first-order valence-corrected chi connectivity index (χ1v) is 8.04. The number of phenolic OH excluding ortho intramolecular Hbond substituents is 1. The monoisotopic (exact) mass is 332 g/mol. The summed E-state index contributed by atoms with van der Waals surface area (Å²) in [7, 11) is 1.64. The summed E-state index contributed by atoms with van der Waals surface area (Å²) in [6, 6.07) is 19.0. The Hall–Kier alpha value is -3.14.